The number of hydrogen-bond acceptors (Lipinski definition) is 17. The van der Waals surface area contributed by atoms with Gasteiger partial charge in [-0.3, -0.25) is 41.6 Å². The highest BCUT2D eigenvalue weighted by Gasteiger charge is 2.24. The van der Waals surface area contributed by atoms with Crippen molar-refractivity contribution in [3.8, 4) is 0 Å². The first kappa shape index (κ1) is 43.8. The van der Waals surface area contributed by atoms with Crippen LogP contribution in [0.1, 0.15) is 25.5 Å². The standard InChI is InChI=1S/C14H18N4O6.C11H13N3O4.C5H10O5S/c1-8(13(21)24-4)18-7-15-11-10(18)12(20)17(14(22)16(11)2)5-9(19)6-23-3;1-13-9-8(3-4-12-9)10(16)14(11(13)17)5-7(15)6-18-2;1-4(5(6)9-2)10-11(3,7)8/h7-8H,5-6H2,1-4H3;4H,3,5-6H2,1-2H3;4H,1-3H3/t8-;;4-/m0.1/s1. The van der Waals surface area contributed by atoms with Crippen LogP contribution in [0, 0.1) is 0 Å². The fourth-order valence-electron chi connectivity index (χ4n) is 4.77. The second-order valence-electron chi connectivity index (χ2n) is 11.2. The van der Waals surface area contributed by atoms with E-state index in [1.54, 1.807) is 6.21 Å². The molecule has 4 heterocycles. The van der Waals surface area contributed by atoms with E-state index in [1.807, 2.05) is 0 Å². The van der Waals surface area contributed by atoms with Gasteiger partial charge in [-0.2, -0.15) is 8.42 Å². The lowest BCUT2D eigenvalue weighted by Crippen LogP contribution is -2.42. The van der Waals surface area contributed by atoms with Crippen molar-refractivity contribution in [2.24, 2.45) is 19.1 Å². The third-order valence-electron chi connectivity index (χ3n) is 7.27. The van der Waals surface area contributed by atoms with Gasteiger partial charge in [0, 0.05) is 41.0 Å². The summed E-state index contributed by atoms with van der Waals surface area (Å²) in [5, 5.41) is 0. The van der Waals surface area contributed by atoms with Crippen LogP contribution in [0.3, 0.4) is 0 Å². The number of nitrogens with zero attached hydrogens (tertiary/aromatic N) is 7. The highest BCUT2D eigenvalue weighted by atomic mass is 32.2. The number of aromatic nitrogens is 6. The molecule has 0 saturated heterocycles. The number of carbonyl (C=O) groups is 4. The van der Waals surface area contributed by atoms with Crippen LogP contribution >= 0.6 is 0 Å². The molecule has 23 heteroatoms. The zero-order chi connectivity index (χ0) is 40.4. The van der Waals surface area contributed by atoms with Crippen LogP contribution in [-0.2, 0) is 86.0 Å². The number of aryl methyl sites for hydroxylation is 1. The van der Waals surface area contributed by atoms with E-state index in [9.17, 15) is 46.8 Å². The summed E-state index contributed by atoms with van der Waals surface area (Å²) in [5.74, 6) is -1.65. The van der Waals surface area contributed by atoms with Crippen LogP contribution in [0.4, 0.5) is 5.82 Å². The summed E-state index contributed by atoms with van der Waals surface area (Å²) < 4.78 is 48.9. The van der Waals surface area contributed by atoms with Crippen LogP contribution in [0.25, 0.3) is 11.2 Å². The summed E-state index contributed by atoms with van der Waals surface area (Å²) in [4.78, 5) is 103. The lowest BCUT2D eigenvalue weighted by Gasteiger charge is -2.13. The van der Waals surface area contributed by atoms with Gasteiger partial charge in [-0.25, -0.2) is 29.2 Å². The Morgan fingerprint density at radius 2 is 1.32 bits per heavy atom. The van der Waals surface area contributed by atoms with Gasteiger partial charge < -0.3 is 23.5 Å². The van der Waals surface area contributed by atoms with E-state index in [4.69, 9.17) is 4.74 Å². The number of aliphatic imine (C=N–C) groups is 1. The third kappa shape index (κ3) is 10.8. The molecule has 1 aliphatic rings. The Balaban J connectivity index is 0.000000296. The van der Waals surface area contributed by atoms with Crippen LogP contribution in [-0.4, -0.2) is 120 Å². The second-order valence-corrected chi connectivity index (χ2v) is 12.8. The van der Waals surface area contributed by atoms with Crippen LogP contribution in [0.15, 0.2) is 30.5 Å². The minimum atomic E-state index is -3.58. The molecule has 2 atom stereocenters. The molecule has 292 valence electrons. The fraction of sp³-hybridized carbons (Fsp3) is 0.533. The third-order valence-corrected chi connectivity index (χ3v) is 7.91. The van der Waals surface area contributed by atoms with Gasteiger partial charge in [0.25, 0.3) is 21.2 Å². The maximum Gasteiger partial charge on any atom is 0.336 e. The number of fused-ring (bicyclic) bond motifs is 2. The largest absolute Gasteiger partial charge is 0.467 e. The second kappa shape index (κ2) is 18.9. The monoisotopic (exact) mass is 771 g/mol. The van der Waals surface area contributed by atoms with E-state index in [-0.39, 0.29) is 36.7 Å². The SMILES string of the molecule is COC(=O)[C@@H](C)OS(C)(=O)=O.COCC(=O)Cn1c(=O)c2c(n(C)c1=O)N=CC2.COCC(=O)Cn1c(=O)c2c(ncn2[C@@H](C)C(=O)OC)n(C)c1=O. The topological polar surface area (TPSA) is 267 Å². The van der Waals surface area contributed by atoms with Gasteiger partial charge in [-0.15, -0.1) is 0 Å². The van der Waals surface area contributed by atoms with Crippen molar-refractivity contribution in [1.29, 1.82) is 0 Å². The fourth-order valence-corrected chi connectivity index (χ4v) is 5.37. The molecule has 0 fully saturated rings. The normalized spacial score (nSPS) is 12.8. The molecule has 0 unspecified atom stereocenters. The van der Waals surface area contributed by atoms with Crippen molar-refractivity contribution in [1.82, 2.24) is 27.8 Å². The Morgan fingerprint density at radius 3 is 1.81 bits per heavy atom. The Bertz CT molecular complexity index is 2240. The van der Waals surface area contributed by atoms with E-state index >= 15 is 0 Å². The zero-order valence-electron chi connectivity index (χ0n) is 30.5. The molecule has 0 spiro atoms. The molecular formula is C30H41N7O15S. The Morgan fingerprint density at radius 1 is 0.811 bits per heavy atom. The summed E-state index contributed by atoms with van der Waals surface area (Å²) in [5.41, 5.74) is -1.75. The van der Waals surface area contributed by atoms with E-state index in [0.29, 0.717) is 17.8 Å². The minimum absolute atomic E-state index is 0.0419. The molecule has 4 rings (SSSR count). The first-order chi connectivity index (χ1) is 24.8. The number of rotatable bonds is 13. The predicted molar refractivity (Wildman–Crippen MR) is 185 cm³/mol. The predicted octanol–water partition coefficient (Wildman–Crippen LogP) is -2.61. The van der Waals surface area contributed by atoms with Gasteiger partial charge in [0.1, 0.15) is 25.1 Å². The summed E-state index contributed by atoms with van der Waals surface area (Å²) >= 11 is 0. The molecule has 0 saturated carbocycles. The lowest BCUT2D eigenvalue weighted by atomic mass is 10.2. The number of methoxy groups -OCH3 is 4. The van der Waals surface area contributed by atoms with Crippen molar-refractivity contribution in [3.63, 3.8) is 0 Å². The quantitative estimate of drug-likeness (QED) is 0.127. The van der Waals surface area contributed by atoms with Crippen LogP contribution < -0.4 is 22.5 Å². The van der Waals surface area contributed by atoms with Crippen molar-refractivity contribution in [2.45, 2.75) is 45.5 Å². The van der Waals surface area contributed by atoms with Gasteiger partial charge in [0.05, 0.1) is 45.5 Å². The number of Topliss-reactive ketones (excluding diaryl/α,β-unsaturated/α-hetero) is 2. The van der Waals surface area contributed by atoms with Crippen molar-refractivity contribution >= 4 is 56.8 Å². The molecule has 0 radical (unpaired) electrons. The maximum absolute atomic E-state index is 12.7. The molecule has 0 aliphatic carbocycles. The number of imidazole rings is 1. The van der Waals surface area contributed by atoms with E-state index in [2.05, 4.69) is 28.4 Å². The number of ketones is 2. The van der Waals surface area contributed by atoms with Gasteiger partial charge in [-0.1, -0.05) is 0 Å². The van der Waals surface area contributed by atoms with Gasteiger partial charge in [-0.05, 0) is 13.8 Å². The molecule has 0 aromatic carbocycles. The van der Waals surface area contributed by atoms with Crippen molar-refractivity contribution in [2.75, 3.05) is 47.9 Å². The summed E-state index contributed by atoms with van der Waals surface area (Å²) in [6.07, 6.45) is 3.05. The average molecular weight is 772 g/mol. The van der Waals surface area contributed by atoms with Crippen LogP contribution in [0.2, 0.25) is 0 Å². The van der Waals surface area contributed by atoms with Crippen molar-refractivity contribution in [3.05, 3.63) is 53.6 Å². The smallest absolute Gasteiger partial charge is 0.336 e. The maximum atomic E-state index is 12.7. The lowest BCUT2D eigenvalue weighted by molar-refractivity contribution is -0.147. The molecule has 0 N–H and O–H groups in total. The molecule has 3 aromatic heterocycles. The molecular weight excluding hydrogens is 730 g/mol. The van der Waals surface area contributed by atoms with E-state index < -0.39 is 69.0 Å². The van der Waals surface area contributed by atoms with Gasteiger partial charge in [0.2, 0.25) is 0 Å². The average Bonchev–Trinajstić information content (AvgIpc) is 3.78. The Kier molecular flexibility index (Phi) is 15.6. The summed E-state index contributed by atoms with van der Waals surface area (Å²) in [6.45, 7) is 1.80. The van der Waals surface area contributed by atoms with E-state index in [0.717, 1.165) is 27.1 Å². The number of carbonyl (C=O) groups excluding carboxylic acids is 4. The number of esters is 2. The highest BCUT2D eigenvalue weighted by molar-refractivity contribution is 7.86. The number of hydrogen-bond donors (Lipinski definition) is 0. The molecule has 1 aliphatic heterocycles. The first-order valence-corrected chi connectivity index (χ1v) is 17.1. The van der Waals surface area contributed by atoms with Crippen LogP contribution in [0.5, 0.6) is 0 Å². The summed E-state index contributed by atoms with van der Waals surface area (Å²) in [6, 6.07) is -0.812. The number of ether oxygens (including phenoxy) is 4. The molecule has 0 amide bonds. The zero-order valence-corrected chi connectivity index (χ0v) is 31.3. The Labute approximate surface area is 301 Å². The van der Waals surface area contributed by atoms with Gasteiger partial charge in [0.15, 0.2) is 28.8 Å². The molecule has 3 aromatic rings. The highest BCUT2D eigenvalue weighted by Crippen LogP contribution is 2.17. The minimum Gasteiger partial charge on any atom is -0.467 e. The van der Waals surface area contributed by atoms with Crippen molar-refractivity contribution < 1.29 is 50.7 Å². The molecule has 22 nitrogen and oxygen atoms in total. The Hall–Kier alpha value is -5.39. The van der Waals surface area contributed by atoms with E-state index in [1.165, 1.54) is 64.7 Å². The first-order valence-electron chi connectivity index (χ1n) is 15.3. The summed E-state index contributed by atoms with van der Waals surface area (Å²) in [7, 11) is 4.50. The molecule has 53 heavy (non-hydrogen) atoms. The molecule has 0 bridgehead atoms. The van der Waals surface area contributed by atoms with Gasteiger partial charge >= 0.3 is 23.3 Å².